The molecule has 110 valence electrons. The predicted octanol–water partition coefficient (Wildman–Crippen LogP) is 3.50. The molecule has 21 heavy (non-hydrogen) atoms. The zero-order valence-electron chi connectivity index (χ0n) is 12.7. The lowest BCUT2D eigenvalue weighted by atomic mass is 10.1. The van der Waals surface area contributed by atoms with Crippen LogP contribution in [0.1, 0.15) is 25.5 Å². The Balaban J connectivity index is 1.96. The molecule has 3 nitrogen and oxygen atoms in total. The van der Waals surface area contributed by atoms with Crippen LogP contribution in [0.25, 0.3) is 10.9 Å². The quantitative estimate of drug-likeness (QED) is 0.671. The SMILES string of the molecule is CCCNCc1cc(N2CC=CCC2)c2ccccc2n1. The van der Waals surface area contributed by atoms with Crippen molar-refractivity contribution in [3.8, 4) is 0 Å². The van der Waals surface area contributed by atoms with Crippen molar-refractivity contribution in [2.24, 2.45) is 0 Å². The largest absolute Gasteiger partial charge is 0.367 e. The van der Waals surface area contributed by atoms with Crippen molar-refractivity contribution in [2.75, 3.05) is 24.5 Å². The number of para-hydroxylation sites is 1. The molecule has 0 amide bonds. The lowest BCUT2D eigenvalue weighted by Crippen LogP contribution is -2.27. The Morgan fingerprint density at radius 3 is 2.95 bits per heavy atom. The molecule has 0 saturated carbocycles. The van der Waals surface area contributed by atoms with Gasteiger partial charge in [-0.3, -0.25) is 4.98 Å². The molecule has 1 aromatic heterocycles. The summed E-state index contributed by atoms with van der Waals surface area (Å²) in [5.41, 5.74) is 3.54. The standard InChI is InChI=1S/C18H23N3/c1-2-10-19-14-15-13-18(21-11-6-3-7-12-21)16-8-4-5-9-17(16)20-15/h3-6,8-9,13,19H,2,7,10-12,14H2,1H3. The minimum atomic E-state index is 0.843. The smallest absolute Gasteiger partial charge is 0.0726 e. The van der Waals surface area contributed by atoms with Crippen LogP contribution in [0, 0.1) is 0 Å². The van der Waals surface area contributed by atoms with Crippen molar-refractivity contribution in [3.63, 3.8) is 0 Å². The van der Waals surface area contributed by atoms with Gasteiger partial charge in [0, 0.05) is 30.7 Å². The average Bonchev–Trinajstić information content (AvgIpc) is 2.55. The van der Waals surface area contributed by atoms with Gasteiger partial charge in [0.15, 0.2) is 0 Å². The number of anilines is 1. The first-order valence-corrected chi connectivity index (χ1v) is 7.88. The third-order valence-electron chi connectivity index (χ3n) is 3.88. The molecule has 1 aromatic carbocycles. The van der Waals surface area contributed by atoms with Crippen LogP contribution in [-0.4, -0.2) is 24.6 Å². The van der Waals surface area contributed by atoms with E-state index in [1.54, 1.807) is 0 Å². The van der Waals surface area contributed by atoms with Crippen LogP contribution < -0.4 is 10.2 Å². The van der Waals surface area contributed by atoms with Crippen molar-refractivity contribution in [1.29, 1.82) is 0 Å². The summed E-state index contributed by atoms with van der Waals surface area (Å²) in [6, 6.07) is 10.7. The fourth-order valence-electron chi connectivity index (χ4n) is 2.82. The molecule has 0 radical (unpaired) electrons. The summed E-state index contributed by atoms with van der Waals surface area (Å²) < 4.78 is 0. The predicted molar refractivity (Wildman–Crippen MR) is 89.7 cm³/mol. The molecule has 0 aliphatic carbocycles. The fraction of sp³-hybridized carbons (Fsp3) is 0.389. The van der Waals surface area contributed by atoms with E-state index in [-0.39, 0.29) is 0 Å². The van der Waals surface area contributed by atoms with E-state index in [0.29, 0.717) is 0 Å². The Morgan fingerprint density at radius 1 is 1.24 bits per heavy atom. The Morgan fingerprint density at radius 2 is 2.14 bits per heavy atom. The second-order valence-electron chi connectivity index (χ2n) is 5.53. The van der Waals surface area contributed by atoms with Crippen LogP contribution in [0.2, 0.25) is 0 Å². The number of nitrogens with one attached hydrogen (secondary N) is 1. The summed E-state index contributed by atoms with van der Waals surface area (Å²) in [4.78, 5) is 7.25. The maximum absolute atomic E-state index is 4.80. The molecule has 1 N–H and O–H groups in total. The molecular formula is C18H23N3. The first-order valence-electron chi connectivity index (χ1n) is 7.88. The van der Waals surface area contributed by atoms with Gasteiger partial charge in [-0.25, -0.2) is 0 Å². The van der Waals surface area contributed by atoms with Gasteiger partial charge in [-0.2, -0.15) is 0 Å². The summed E-state index contributed by atoms with van der Waals surface area (Å²) in [5, 5.41) is 4.71. The summed E-state index contributed by atoms with van der Waals surface area (Å²) in [6.45, 7) is 6.15. The zero-order valence-corrected chi connectivity index (χ0v) is 12.7. The number of nitrogens with zero attached hydrogens (tertiary/aromatic N) is 2. The van der Waals surface area contributed by atoms with E-state index < -0.39 is 0 Å². The molecule has 2 aromatic rings. The van der Waals surface area contributed by atoms with E-state index in [1.807, 2.05) is 0 Å². The minimum absolute atomic E-state index is 0.843. The maximum Gasteiger partial charge on any atom is 0.0726 e. The van der Waals surface area contributed by atoms with E-state index in [1.165, 1.54) is 11.1 Å². The molecule has 0 fully saturated rings. The molecule has 0 atom stereocenters. The highest BCUT2D eigenvalue weighted by Crippen LogP contribution is 2.28. The van der Waals surface area contributed by atoms with Crippen molar-refractivity contribution in [1.82, 2.24) is 10.3 Å². The highest BCUT2D eigenvalue weighted by molar-refractivity contribution is 5.92. The highest BCUT2D eigenvalue weighted by Gasteiger charge is 2.13. The van der Waals surface area contributed by atoms with Crippen LogP contribution in [0.3, 0.4) is 0 Å². The monoisotopic (exact) mass is 281 g/mol. The summed E-state index contributed by atoms with van der Waals surface area (Å²) in [6.07, 6.45) is 6.80. The van der Waals surface area contributed by atoms with E-state index in [9.17, 15) is 0 Å². The molecule has 0 unspecified atom stereocenters. The second kappa shape index (κ2) is 6.72. The first-order chi connectivity index (χ1) is 10.4. The maximum atomic E-state index is 4.80. The second-order valence-corrected chi connectivity index (χ2v) is 5.53. The van der Waals surface area contributed by atoms with Crippen molar-refractivity contribution < 1.29 is 0 Å². The molecule has 1 aliphatic rings. The number of aromatic nitrogens is 1. The van der Waals surface area contributed by atoms with E-state index >= 15 is 0 Å². The minimum Gasteiger partial charge on any atom is -0.367 e. The topological polar surface area (TPSA) is 28.2 Å². The number of benzene rings is 1. The van der Waals surface area contributed by atoms with Gasteiger partial charge in [0.1, 0.15) is 0 Å². The van der Waals surface area contributed by atoms with E-state index in [4.69, 9.17) is 4.98 Å². The third kappa shape index (κ3) is 3.24. The lowest BCUT2D eigenvalue weighted by molar-refractivity contribution is 0.665. The summed E-state index contributed by atoms with van der Waals surface area (Å²) in [7, 11) is 0. The van der Waals surface area contributed by atoms with Crippen LogP contribution >= 0.6 is 0 Å². The molecular weight excluding hydrogens is 258 g/mol. The van der Waals surface area contributed by atoms with Gasteiger partial charge in [0.25, 0.3) is 0 Å². The summed E-state index contributed by atoms with van der Waals surface area (Å²) >= 11 is 0. The van der Waals surface area contributed by atoms with Crippen molar-refractivity contribution in [3.05, 3.63) is 48.2 Å². The number of fused-ring (bicyclic) bond motifs is 1. The Bertz CT molecular complexity index is 633. The molecule has 1 aliphatic heterocycles. The molecule has 0 saturated heterocycles. The average molecular weight is 281 g/mol. The Kier molecular flexibility index (Phi) is 4.51. The van der Waals surface area contributed by atoms with Gasteiger partial charge in [-0.15, -0.1) is 0 Å². The van der Waals surface area contributed by atoms with Crippen LogP contribution in [0.4, 0.5) is 5.69 Å². The summed E-state index contributed by atoms with van der Waals surface area (Å²) in [5.74, 6) is 0. The van der Waals surface area contributed by atoms with Crippen LogP contribution in [0.5, 0.6) is 0 Å². The van der Waals surface area contributed by atoms with Crippen molar-refractivity contribution in [2.45, 2.75) is 26.3 Å². The van der Waals surface area contributed by atoms with Gasteiger partial charge in [-0.05, 0) is 31.5 Å². The van der Waals surface area contributed by atoms with Gasteiger partial charge in [-0.1, -0.05) is 37.3 Å². The van der Waals surface area contributed by atoms with E-state index in [0.717, 1.165) is 50.2 Å². The number of hydrogen-bond acceptors (Lipinski definition) is 3. The first kappa shape index (κ1) is 14.1. The number of hydrogen-bond donors (Lipinski definition) is 1. The number of rotatable bonds is 5. The molecule has 3 heteroatoms. The highest BCUT2D eigenvalue weighted by atomic mass is 15.1. The fourth-order valence-corrected chi connectivity index (χ4v) is 2.82. The van der Waals surface area contributed by atoms with Crippen LogP contribution in [0.15, 0.2) is 42.5 Å². The van der Waals surface area contributed by atoms with Gasteiger partial charge >= 0.3 is 0 Å². The Hall–Kier alpha value is -1.87. The third-order valence-corrected chi connectivity index (χ3v) is 3.88. The molecule has 3 rings (SSSR count). The van der Waals surface area contributed by atoms with Gasteiger partial charge in [0.05, 0.1) is 11.2 Å². The Labute approximate surface area is 126 Å². The van der Waals surface area contributed by atoms with Crippen molar-refractivity contribution >= 4 is 16.6 Å². The van der Waals surface area contributed by atoms with Gasteiger partial charge in [0.2, 0.25) is 0 Å². The molecule has 0 spiro atoms. The number of pyridine rings is 1. The van der Waals surface area contributed by atoms with Gasteiger partial charge < -0.3 is 10.2 Å². The lowest BCUT2D eigenvalue weighted by Gasteiger charge is -2.27. The van der Waals surface area contributed by atoms with Crippen LogP contribution in [-0.2, 0) is 6.54 Å². The molecule has 2 heterocycles. The van der Waals surface area contributed by atoms with E-state index in [2.05, 4.69) is 59.6 Å². The molecule has 0 bridgehead atoms. The normalized spacial score (nSPS) is 14.8. The zero-order chi connectivity index (χ0) is 14.5.